The molecule has 0 aliphatic rings. The summed E-state index contributed by atoms with van der Waals surface area (Å²) >= 11 is 4.70. The van der Waals surface area contributed by atoms with Crippen molar-refractivity contribution in [2.75, 3.05) is 0 Å². The summed E-state index contributed by atoms with van der Waals surface area (Å²) in [7, 11) is 0. The second-order valence-electron chi connectivity index (χ2n) is 1.75. The molecule has 0 aliphatic heterocycles. The predicted octanol–water partition coefficient (Wildman–Crippen LogP) is 1.63. The van der Waals surface area contributed by atoms with E-state index in [1.54, 1.807) is 6.92 Å². The summed E-state index contributed by atoms with van der Waals surface area (Å²) in [5, 5.41) is 8.60. The van der Waals surface area contributed by atoms with E-state index in [2.05, 4.69) is 0 Å². The molecule has 0 heterocycles. The standard InChI is InChI=1S/C5H9ClF2O/c1-2-3(9)4(7)5(6)8/h3-5,9H,2H2,1H3. The van der Waals surface area contributed by atoms with Crippen molar-refractivity contribution in [1.82, 2.24) is 0 Å². The highest BCUT2D eigenvalue weighted by molar-refractivity contribution is 6.20. The molecular weight excluding hydrogens is 150 g/mol. The summed E-state index contributed by atoms with van der Waals surface area (Å²) in [6, 6.07) is 0. The highest BCUT2D eigenvalue weighted by Gasteiger charge is 2.24. The quantitative estimate of drug-likeness (QED) is 0.619. The van der Waals surface area contributed by atoms with Crippen LogP contribution < -0.4 is 0 Å². The van der Waals surface area contributed by atoms with Gasteiger partial charge in [0.1, 0.15) is 0 Å². The first-order chi connectivity index (χ1) is 4.09. The van der Waals surface area contributed by atoms with Gasteiger partial charge >= 0.3 is 0 Å². The van der Waals surface area contributed by atoms with Crippen LogP contribution in [0.3, 0.4) is 0 Å². The molecule has 56 valence electrons. The molecule has 9 heavy (non-hydrogen) atoms. The number of aliphatic hydroxyl groups is 1. The Hall–Kier alpha value is 0.110. The van der Waals surface area contributed by atoms with Crippen molar-refractivity contribution in [3.05, 3.63) is 0 Å². The topological polar surface area (TPSA) is 20.2 Å². The summed E-state index contributed by atoms with van der Waals surface area (Å²) in [5.41, 5.74) is -2.10. The van der Waals surface area contributed by atoms with Gasteiger partial charge < -0.3 is 5.11 Å². The molecule has 0 saturated carbocycles. The Morgan fingerprint density at radius 2 is 2.00 bits per heavy atom. The molecule has 1 N–H and O–H groups in total. The molecule has 4 heteroatoms. The third-order valence-corrected chi connectivity index (χ3v) is 1.27. The lowest BCUT2D eigenvalue weighted by atomic mass is 10.2. The Morgan fingerprint density at radius 1 is 1.56 bits per heavy atom. The first-order valence-corrected chi connectivity index (χ1v) is 3.13. The first kappa shape index (κ1) is 9.11. The minimum atomic E-state index is -2.10. The van der Waals surface area contributed by atoms with E-state index in [1.165, 1.54) is 0 Å². The molecule has 1 nitrogen and oxygen atoms in total. The van der Waals surface area contributed by atoms with Gasteiger partial charge in [-0.2, -0.15) is 0 Å². The summed E-state index contributed by atoms with van der Waals surface area (Å²) in [5.74, 6) is 0. The van der Waals surface area contributed by atoms with Crippen LogP contribution in [0.15, 0.2) is 0 Å². The van der Waals surface area contributed by atoms with E-state index >= 15 is 0 Å². The van der Waals surface area contributed by atoms with Crippen LogP contribution >= 0.6 is 11.6 Å². The SMILES string of the molecule is CCC(O)C(F)C(F)Cl. The van der Waals surface area contributed by atoms with E-state index in [4.69, 9.17) is 16.7 Å². The van der Waals surface area contributed by atoms with Crippen molar-refractivity contribution >= 4 is 11.6 Å². The van der Waals surface area contributed by atoms with Crippen LogP contribution in [0.5, 0.6) is 0 Å². The van der Waals surface area contributed by atoms with Gasteiger partial charge in [-0.15, -0.1) is 0 Å². The maximum Gasteiger partial charge on any atom is 0.206 e. The number of rotatable bonds is 3. The Balaban J connectivity index is 3.58. The van der Waals surface area contributed by atoms with Crippen LogP contribution in [0, 0.1) is 0 Å². The summed E-state index contributed by atoms with van der Waals surface area (Å²) in [6.45, 7) is 1.55. The lowest BCUT2D eigenvalue weighted by Crippen LogP contribution is -2.27. The lowest BCUT2D eigenvalue weighted by molar-refractivity contribution is 0.0484. The molecule has 0 fully saturated rings. The van der Waals surface area contributed by atoms with E-state index in [9.17, 15) is 8.78 Å². The maximum absolute atomic E-state index is 12.2. The van der Waals surface area contributed by atoms with E-state index in [0.717, 1.165) is 0 Å². The van der Waals surface area contributed by atoms with E-state index in [-0.39, 0.29) is 6.42 Å². The van der Waals surface area contributed by atoms with Crippen molar-refractivity contribution in [3.63, 3.8) is 0 Å². The zero-order chi connectivity index (χ0) is 7.44. The van der Waals surface area contributed by atoms with Crippen LogP contribution in [0.4, 0.5) is 8.78 Å². The van der Waals surface area contributed by atoms with Gasteiger partial charge in [0.15, 0.2) is 6.17 Å². The second kappa shape index (κ2) is 4.01. The highest BCUT2D eigenvalue weighted by atomic mass is 35.5. The molecule has 0 aromatic heterocycles. The molecule has 0 rings (SSSR count). The lowest BCUT2D eigenvalue weighted by Gasteiger charge is -2.12. The average Bonchev–Trinajstić information content (AvgIpc) is 1.84. The number of halogens is 3. The van der Waals surface area contributed by atoms with Crippen LogP contribution in [0.2, 0.25) is 0 Å². The van der Waals surface area contributed by atoms with Crippen molar-refractivity contribution in [3.8, 4) is 0 Å². The van der Waals surface area contributed by atoms with E-state index in [1.807, 2.05) is 0 Å². The molecule has 3 unspecified atom stereocenters. The summed E-state index contributed by atoms with van der Waals surface area (Å²) in [6.07, 6.45) is -3.07. The van der Waals surface area contributed by atoms with Gasteiger partial charge in [0, 0.05) is 0 Å². The Kier molecular flexibility index (Phi) is 4.06. The molecule has 0 amide bonds. The van der Waals surface area contributed by atoms with Crippen molar-refractivity contribution < 1.29 is 13.9 Å². The monoisotopic (exact) mass is 158 g/mol. The van der Waals surface area contributed by atoms with Crippen LogP contribution in [-0.4, -0.2) is 23.0 Å². The van der Waals surface area contributed by atoms with Crippen molar-refractivity contribution in [2.45, 2.75) is 31.3 Å². The maximum atomic E-state index is 12.2. The van der Waals surface area contributed by atoms with Gasteiger partial charge in [-0.3, -0.25) is 0 Å². The zero-order valence-corrected chi connectivity index (χ0v) is 5.78. The average molecular weight is 159 g/mol. The summed E-state index contributed by atoms with van der Waals surface area (Å²) in [4.78, 5) is 0. The number of hydrogen-bond donors (Lipinski definition) is 1. The minimum absolute atomic E-state index is 0.175. The van der Waals surface area contributed by atoms with Gasteiger partial charge in [0.2, 0.25) is 5.63 Å². The Morgan fingerprint density at radius 3 is 2.11 bits per heavy atom. The first-order valence-electron chi connectivity index (χ1n) is 2.69. The molecule has 3 atom stereocenters. The number of alkyl halides is 3. The molecule has 0 spiro atoms. The molecular formula is C5H9ClF2O. The van der Waals surface area contributed by atoms with Crippen LogP contribution in [0.25, 0.3) is 0 Å². The van der Waals surface area contributed by atoms with Crippen LogP contribution in [-0.2, 0) is 0 Å². The Bertz CT molecular complexity index is 79.4. The van der Waals surface area contributed by atoms with Gasteiger partial charge in [-0.25, -0.2) is 8.78 Å². The molecule has 0 saturated heterocycles. The van der Waals surface area contributed by atoms with E-state index in [0.29, 0.717) is 0 Å². The fourth-order valence-electron chi connectivity index (χ4n) is 0.393. The van der Waals surface area contributed by atoms with Gasteiger partial charge in [-0.1, -0.05) is 18.5 Å². The van der Waals surface area contributed by atoms with Gasteiger partial charge in [0.05, 0.1) is 6.10 Å². The third kappa shape index (κ3) is 2.96. The molecule has 0 aliphatic carbocycles. The highest BCUT2D eigenvalue weighted by Crippen LogP contribution is 2.13. The second-order valence-corrected chi connectivity index (χ2v) is 2.17. The van der Waals surface area contributed by atoms with Crippen LogP contribution in [0.1, 0.15) is 13.3 Å². The van der Waals surface area contributed by atoms with E-state index < -0.39 is 17.9 Å². The molecule has 0 bridgehead atoms. The minimum Gasteiger partial charge on any atom is -0.390 e. The fraction of sp³-hybridized carbons (Fsp3) is 1.00. The largest absolute Gasteiger partial charge is 0.390 e. The van der Waals surface area contributed by atoms with Gasteiger partial charge in [0.25, 0.3) is 0 Å². The number of aliphatic hydroxyl groups excluding tert-OH is 1. The number of hydrogen-bond acceptors (Lipinski definition) is 1. The molecule has 0 aromatic carbocycles. The fourth-order valence-corrected chi connectivity index (χ4v) is 0.561. The van der Waals surface area contributed by atoms with Gasteiger partial charge in [-0.05, 0) is 6.42 Å². The van der Waals surface area contributed by atoms with Crippen molar-refractivity contribution in [2.24, 2.45) is 0 Å². The predicted molar refractivity (Wildman–Crippen MR) is 31.9 cm³/mol. The zero-order valence-electron chi connectivity index (χ0n) is 5.02. The summed E-state index contributed by atoms with van der Waals surface area (Å²) < 4.78 is 23.9. The Labute approximate surface area is 57.6 Å². The normalized spacial score (nSPS) is 21.0. The smallest absolute Gasteiger partial charge is 0.206 e. The molecule has 0 radical (unpaired) electrons. The molecule has 0 aromatic rings. The third-order valence-electron chi connectivity index (χ3n) is 1.03. The van der Waals surface area contributed by atoms with Crippen molar-refractivity contribution in [1.29, 1.82) is 0 Å².